The van der Waals surface area contributed by atoms with Crippen LogP contribution in [0, 0.1) is 0 Å². The summed E-state index contributed by atoms with van der Waals surface area (Å²) < 4.78 is 28.2. The standard InChI is InChI=1S/C11H23N3O2S.ClH/c12-11(6-2-1-3-7-11)10-13-17(15,16)14-8-4-5-9-14;/h13H,1-10,12H2;1H. The summed E-state index contributed by atoms with van der Waals surface area (Å²) >= 11 is 0. The second kappa shape index (κ2) is 6.52. The molecule has 5 nitrogen and oxygen atoms in total. The molecule has 18 heavy (non-hydrogen) atoms. The second-order valence-electron chi connectivity index (χ2n) is 5.36. The fourth-order valence-corrected chi connectivity index (χ4v) is 4.08. The van der Waals surface area contributed by atoms with Crippen molar-refractivity contribution in [1.82, 2.24) is 9.03 Å². The molecule has 0 unspecified atom stereocenters. The molecule has 2 aliphatic rings. The highest BCUT2D eigenvalue weighted by Gasteiger charge is 2.31. The lowest BCUT2D eigenvalue weighted by Crippen LogP contribution is -2.53. The van der Waals surface area contributed by atoms with Crippen LogP contribution in [-0.2, 0) is 10.2 Å². The fourth-order valence-electron chi connectivity index (χ4n) is 2.69. The van der Waals surface area contributed by atoms with E-state index in [-0.39, 0.29) is 17.9 Å². The van der Waals surface area contributed by atoms with Gasteiger partial charge in [0, 0.05) is 25.2 Å². The summed E-state index contributed by atoms with van der Waals surface area (Å²) in [6.07, 6.45) is 7.23. The Hall–Kier alpha value is 0.120. The maximum Gasteiger partial charge on any atom is 0.279 e. The minimum atomic E-state index is -3.29. The quantitative estimate of drug-likeness (QED) is 0.813. The van der Waals surface area contributed by atoms with Crippen molar-refractivity contribution in [3.8, 4) is 0 Å². The predicted molar refractivity (Wildman–Crippen MR) is 75.0 cm³/mol. The molecule has 0 radical (unpaired) electrons. The van der Waals surface area contributed by atoms with Crippen molar-refractivity contribution in [3.63, 3.8) is 0 Å². The summed E-state index contributed by atoms with van der Waals surface area (Å²) in [5, 5.41) is 0. The van der Waals surface area contributed by atoms with Gasteiger partial charge in [-0.05, 0) is 25.7 Å². The number of hydrogen-bond donors (Lipinski definition) is 2. The van der Waals surface area contributed by atoms with Crippen molar-refractivity contribution in [2.24, 2.45) is 5.73 Å². The zero-order valence-corrected chi connectivity index (χ0v) is 12.4. The van der Waals surface area contributed by atoms with Gasteiger partial charge in [-0.1, -0.05) is 19.3 Å². The third kappa shape index (κ3) is 4.06. The van der Waals surface area contributed by atoms with E-state index in [4.69, 9.17) is 5.73 Å². The van der Waals surface area contributed by atoms with Crippen LogP contribution in [0.4, 0.5) is 0 Å². The van der Waals surface area contributed by atoms with Crippen LogP contribution in [0.25, 0.3) is 0 Å². The first-order chi connectivity index (χ1) is 8.02. The third-order valence-electron chi connectivity index (χ3n) is 3.86. The van der Waals surface area contributed by atoms with E-state index < -0.39 is 10.2 Å². The first kappa shape index (κ1) is 16.2. The monoisotopic (exact) mass is 297 g/mol. The molecule has 0 spiro atoms. The summed E-state index contributed by atoms with van der Waals surface area (Å²) in [4.78, 5) is 0. The lowest BCUT2D eigenvalue weighted by molar-refractivity contribution is 0.294. The Balaban J connectivity index is 0.00000162. The Morgan fingerprint density at radius 2 is 1.61 bits per heavy atom. The van der Waals surface area contributed by atoms with Crippen LogP contribution in [0.2, 0.25) is 0 Å². The smallest absolute Gasteiger partial charge is 0.279 e. The number of nitrogens with one attached hydrogen (secondary N) is 1. The molecule has 0 bridgehead atoms. The van der Waals surface area contributed by atoms with Crippen molar-refractivity contribution < 1.29 is 8.42 Å². The van der Waals surface area contributed by atoms with Crippen LogP contribution in [0.3, 0.4) is 0 Å². The van der Waals surface area contributed by atoms with E-state index in [1.165, 1.54) is 10.7 Å². The molecule has 1 saturated heterocycles. The molecule has 2 fully saturated rings. The van der Waals surface area contributed by atoms with Crippen LogP contribution >= 0.6 is 12.4 Å². The van der Waals surface area contributed by atoms with Crippen LogP contribution in [0.1, 0.15) is 44.9 Å². The molecule has 0 aromatic carbocycles. The van der Waals surface area contributed by atoms with Crippen molar-refractivity contribution in [1.29, 1.82) is 0 Å². The summed E-state index contributed by atoms with van der Waals surface area (Å²) in [6.45, 7) is 1.67. The second-order valence-corrected chi connectivity index (χ2v) is 7.11. The van der Waals surface area contributed by atoms with Gasteiger partial charge in [0.1, 0.15) is 0 Å². The Labute approximate surface area is 116 Å². The van der Waals surface area contributed by atoms with Gasteiger partial charge in [-0.25, -0.2) is 4.72 Å². The van der Waals surface area contributed by atoms with E-state index in [2.05, 4.69) is 4.72 Å². The Bertz CT molecular complexity index is 349. The predicted octanol–water partition coefficient (Wildman–Crippen LogP) is 1.000. The Kier molecular flexibility index (Phi) is 5.86. The minimum Gasteiger partial charge on any atom is -0.324 e. The molecule has 7 heteroatoms. The van der Waals surface area contributed by atoms with Crippen LogP contribution in [-0.4, -0.2) is 37.9 Å². The highest BCUT2D eigenvalue weighted by molar-refractivity contribution is 7.87. The van der Waals surface area contributed by atoms with Crippen molar-refractivity contribution in [3.05, 3.63) is 0 Å². The molecule has 0 amide bonds. The van der Waals surface area contributed by atoms with Gasteiger partial charge >= 0.3 is 0 Å². The SMILES string of the molecule is Cl.NC1(CNS(=O)(=O)N2CCCC2)CCCCC1. The van der Waals surface area contributed by atoms with E-state index in [0.717, 1.165) is 38.5 Å². The normalized spacial score (nSPS) is 24.7. The van der Waals surface area contributed by atoms with Crippen LogP contribution in [0.15, 0.2) is 0 Å². The number of nitrogens with zero attached hydrogens (tertiary/aromatic N) is 1. The summed E-state index contributed by atoms with van der Waals surface area (Å²) in [6, 6.07) is 0. The summed E-state index contributed by atoms with van der Waals surface area (Å²) in [7, 11) is -3.29. The highest BCUT2D eigenvalue weighted by atomic mass is 35.5. The van der Waals surface area contributed by atoms with Gasteiger partial charge in [0.15, 0.2) is 0 Å². The molecule has 1 aliphatic carbocycles. The first-order valence-corrected chi connectivity index (χ1v) is 8.00. The molecular weight excluding hydrogens is 274 g/mol. The largest absolute Gasteiger partial charge is 0.324 e. The summed E-state index contributed by atoms with van der Waals surface area (Å²) in [5.74, 6) is 0. The maximum atomic E-state index is 12.0. The molecule has 1 aliphatic heterocycles. The molecule has 0 aromatic heterocycles. The average Bonchev–Trinajstić information content (AvgIpc) is 2.82. The molecule has 0 aromatic rings. The van der Waals surface area contributed by atoms with E-state index in [1.54, 1.807) is 0 Å². The van der Waals surface area contributed by atoms with Gasteiger partial charge in [0.05, 0.1) is 0 Å². The average molecular weight is 298 g/mol. The zero-order valence-electron chi connectivity index (χ0n) is 10.7. The molecular formula is C11H24ClN3O2S. The number of hydrogen-bond acceptors (Lipinski definition) is 3. The first-order valence-electron chi connectivity index (χ1n) is 6.56. The van der Waals surface area contributed by atoms with Gasteiger partial charge in [-0.2, -0.15) is 12.7 Å². The van der Waals surface area contributed by atoms with Crippen molar-refractivity contribution in [2.45, 2.75) is 50.5 Å². The van der Waals surface area contributed by atoms with E-state index in [0.29, 0.717) is 19.6 Å². The number of rotatable bonds is 4. The number of nitrogens with two attached hydrogens (primary N) is 1. The van der Waals surface area contributed by atoms with Gasteiger partial charge < -0.3 is 5.73 Å². The zero-order chi connectivity index (χ0) is 12.4. The van der Waals surface area contributed by atoms with E-state index in [1.807, 2.05) is 0 Å². The topological polar surface area (TPSA) is 75.4 Å². The molecule has 108 valence electrons. The third-order valence-corrected chi connectivity index (χ3v) is 5.42. The molecule has 3 N–H and O–H groups in total. The van der Waals surface area contributed by atoms with Gasteiger partial charge in [0.2, 0.25) is 0 Å². The van der Waals surface area contributed by atoms with Crippen LogP contribution < -0.4 is 10.5 Å². The van der Waals surface area contributed by atoms with Gasteiger partial charge in [-0.15, -0.1) is 12.4 Å². The van der Waals surface area contributed by atoms with Crippen LogP contribution in [0.5, 0.6) is 0 Å². The molecule has 1 saturated carbocycles. The molecule has 1 heterocycles. The maximum absolute atomic E-state index is 12.0. The Morgan fingerprint density at radius 3 is 2.17 bits per heavy atom. The van der Waals surface area contributed by atoms with Crippen molar-refractivity contribution >= 4 is 22.6 Å². The molecule has 2 rings (SSSR count). The highest BCUT2D eigenvalue weighted by Crippen LogP contribution is 2.25. The number of halogens is 1. The van der Waals surface area contributed by atoms with Crippen molar-refractivity contribution in [2.75, 3.05) is 19.6 Å². The fraction of sp³-hybridized carbons (Fsp3) is 1.00. The Morgan fingerprint density at radius 1 is 1.06 bits per heavy atom. The van der Waals surface area contributed by atoms with Gasteiger partial charge in [-0.3, -0.25) is 0 Å². The van der Waals surface area contributed by atoms with E-state index in [9.17, 15) is 8.42 Å². The van der Waals surface area contributed by atoms with E-state index >= 15 is 0 Å². The minimum absolute atomic E-state index is 0. The lowest BCUT2D eigenvalue weighted by atomic mass is 9.83. The summed E-state index contributed by atoms with van der Waals surface area (Å²) in [5.41, 5.74) is 5.89. The van der Waals surface area contributed by atoms with Gasteiger partial charge in [0.25, 0.3) is 10.2 Å². The lowest BCUT2D eigenvalue weighted by Gasteiger charge is -2.33. The molecule has 0 atom stereocenters.